The summed E-state index contributed by atoms with van der Waals surface area (Å²) in [5.41, 5.74) is -1.20. The summed E-state index contributed by atoms with van der Waals surface area (Å²) >= 11 is 0.817. The minimum absolute atomic E-state index is 0.413. The SMILES string of the molecule is O=C(CF)N[C@H]1C(O)SC(CO)[C@@H](O)C1O. The molecule has 0 radical (unpaired) electrons. The number of hydrogen-bond donors (Lipinski definition) is 5. The number of aliphatic hydroxyl groups is 4. The summed E-state index contributed by atoms with van der Waals surface area (Å²) in [6.07, 6.45) is -2.73. The van der Waals surface area contributed by atoms with Crippen molar-refractivity contribution in [3.8, 4) is 0 Å². The van der Waals surface area contributed by atoms with Gasteiger partial charge in [0.1, 0.15) is 11.5 Å². The van der Waals surface area contributed by atoms with E-state index < -0.39 is 48.1 Å². The molecule has 1 heterocycles. The average Bonchev–Trinajstić information content (AvgIpc) is 2.28. The van der Waals surface area contributed by atoms with E-state index >= 15 is 0 Å². The number of carbonyl (C=O) groups is 1. The first-order valence-corrected chi connectivity index (χ1v) is 5.61. The van der Waals surface area contributed by atoms with Crippen LogP contribution in [0.2, 0.25) is 0 Å². The van der Waals surface area contributed by atoms with Crippen molar-refractivity contribution in [2.75, 3.05) is 13.3 Å². The molecule has 1 rings (SSSR count). The van der Waals surface area contributed by atoms with Crippen LogP contribution in [0.25, 0.3) is 0 Å². The third-order valence-electron chi connectivity index (χ3n) is 2.35. The first-order valence-electron chi connectivity index (χ1n) is 4.67. The fraction of sp³-hybridized carbons (Fsp3) is 0.875. The molecule has 0 aromatic carbocycles. The van der Waals surface area contributed by atoms with Gasteiger partial charge in [0, 0.05) is 0 Å². The summed E-state index contributed by atoms with van der Waals surface area (Å²) in [4.78, 5) is 10.8. The van der Waals surface area contributed by atoms with Gasteiger partial charge in [-0.05, 0) is 0 Å². The molecule has 94 valence electrons. The molecule has 0 aromatic rings. The fourth-order valence-corrected chi connectivity index (χ4v) is 2.64. The van der Waals surface area contributed by atoms with E-state index in [4.69, 9.17) is 5.11 Å². The highest BCUT2D eigenvalue weighted by atomic mass is 32.2. The number of carbonyl (C=O) groups excluding carboxylic acids is 1. The monoisotopic (exact) mass is 255 g/mol. The van der Waals surface area contributed by atoms with E-state index in [1.807, 2.05) is 0 Å². The predicted molar refractivity (Wildman–Crippen MR) is 54.4 cm³/mol. The van der Waals surface area contributed by atoms with E-state index in [1.165, 1.54) is 0 Å². The van der Waals surface area contributed by atoms with Crippen LogP contribution in [0.5, 0.6) is 0 Å². The topological polar surface area (TPSA) is 110 Å². The van der Waals surface area contributed by atoms with Crippen molar-refractivity contribution in [2.45, 2.75) is 28.9 Å². The molecule has 16 heavy (non-hydrogen) atoms. The molecule has 0 aliphatic carbocycles. The van der Waals surface area contributed by atoms with Gasteiger partial charge in [0.25, 0.3) is 5.91 Å². The van der Waals surface area contributed by atoms with Crippen molar-refractivity contribution in [3.63, 3.8) is 0 Å². The van der Waals surface area contributed by atoms with Gasteiger partial charge in [0.2, 0.25) is 0 Å². The molecule has 1 fully saturated rings. The van der Waals surface area contributed by atoms with Gasteiger partial charge in [-0.1, -0.05) is 0 Å². The van der Waals surface area contributed by atoms with Crippen LogP contribution < -0.4 is 5.32 Å². The summed E-state index contributed by atoms with van der Waals surface area (Å²) in [6, 6.07) is -1.15. The highest BCUT2D eigenvalue weighted by Gasteiger charge is 2.43. The largest absolute Gasteiger partial charge is 0.395 e. The molecule has 0 spiro atoms. The molecule has 1 aliphatic rings. The van der Waals surface area contributed by atoms with Crippen molar-refractivity contribution in [1.29, 1.82) is 0 Å². The van der Waals surface area contributed by atoms with E-state index in [2.05, 4.69) is 5.32 Å². The number of aliphatic hydroxyl groups excluding tert-OH is 4. The molecule has 1 amide bonds. The zero-order valence-corrected chi connectivity index (χ0v) is 9.10. The lowest BCUT2D eigenvalue weighted by atomic mass is 10.0. The maximum atomic E-state index is 12.0. The van der Waals surface area contributed by atoms with Gasteiger partial charge in [-0.3, -0.25) is 4.79 Å². The molecule has 1 aliphatic heterocycles. The Balaban J connectivity index is 2.67. The van der Waals surface area contributed by atoms with Crippen LogP contribution in [0.1, 0.15) is 0 Å². The number of thioether (sulfide) groups is 1. The molecule has 5 atom stereocenters. The lowest BCUT2D eigenvalue weighted by Gasteiger charge is -2.39. The smallest absolute Gasteiger partial charge is 0.251 e. The van der Waals surface area contributed by atoms with E-state index in [1.54, 1.807) is 0 Å². The minimum Gasteiger partial charge on any atom is -0.395 e. The first kappa shape index (κ1) is 13.7. The molecule has 8 heteroatoms. The van der Waals surface area contributed by atoms with Gasteiger partial charge in [0.15, 0.2) is 6.67 Å². The number of alkyl halides is 1. The molecular formula is C8H14FNO5S. The molecule has 0 aromatic heterocycles. The molecule has 0 saturated carbocycles. The van der Waals surface area contributed by atoms with Crippen molar-refractivity contribution in [3.05, 3.63) is 0 Å². The second kappa shape index (κ2) is 5.78. The van der Waals surface area contributed by atoms with E-state index in [0.29, 0.717) is 0 Å². The number of hydrogen-bond acceptors (Lipinski definition) is 6. The van der Waals surface area contributed by atoms with Gasteiger partial charge >= 0.3 is 0 Å². The maximum Gasteiger partial charge on any atom is 0.251 e. The average molecular weight is 255 g/mol. The Labute approximate surface area is 95.5 Å². The van der Waals surface area contributed by atoms with E-state index in [-0.39, 0.29) is 0 Å². The molecule has 6 nitrogen and oxygen atoms in total. The Morgan fingerprint density at radius 1 is 1.31 bits per heavy atom. The number of nitrogens with one attached hydrogen (secondary N) is 1. The molecular weight excluding hydrogens is 241 g/mol. The van der Waals surface area contributed by atoms with Gasteiger partial charge < -0.3 is 25.7 Å². The minimum atomic E-state index is -1.44. The van der Waals surface area contributed by atoms with Crippen LogP contribution >= 0.6 is 11.8 Å². The van der Waals surface area contributed by atoms with Crippen LogP contribution in [0.15, 0.2) is 0 Å². The zero-order valence-electron chi connectivity index (χ0n) is 8.28. The lowest BCUT2D eigenvalue weighted by Crippen LogP contribution is -2.60. The Morgan fingerprint density at radius 3 is 2.44 bits per heavy atom. The Kier molecular flexibility index (Phi) is 4.93. The molecule has 0 bridgehead atoms. The summed E-state index contributed by atoms with van der Waals surface area (Å²) in [5, 5.41) is 38.8. The molecule has 5 N–H and O–H groups in total. The molecule has 1 saturated heterocycles. The van der Waals surface area contributed by atoms with E-state index in [0.717, 1.165) is 11.8 Å². The lowest BCUT2D eigenvalue weighted by molar-refractivity contribution is -0.125. The fourth-order valence-electron chi connectivity index (χ4n) is 1.48. The Bertz CT molecular complexity index is 257. The quantitative estimate of drug-likeness (QED) is 0.384. The number of rotatable bonds is 3. The van der Waals surface area contributed by atoms with Gasteiger partial charge in [-0.15, -0.1) is 11.8 Å². The maximum absolute atomic E-state index is 12.0. The first-order chi connectivity index (χ1) is 7.51. The van der Waals surface area contributed by atoms with Crippen molar-refractivity contribution >= 4 is 17.7 Å². The van der Waals surface area contributed by atoms with Crippen molar-refractivity contribution in [2.24, 2.45) is 0 Å². The molecule has 3 unspecified atom stereocenters. The normalized spacial score (nSPS) is 39.4. The van der Waals surface area contributed by atoms with Gasteiger partial charge in [-0.25, -0.2) is 4.39 Å². The van der Waals surface area contributed by atoms with Crippen LogP contribution in [0.3, 0.4) is 0 Å². The van der Waals surface area contributed by atoms with E-state index in [9.17, 15) is 24.5 Å². The second-order valence-electron chi connectivity index (χ2n) is 3.46. The summed E-state index contributed by atoms with van der Waals surface area (Å²) in [7, 11) is 0. The Hall–Kier alpha value is -0.410. The zero-order chi connectivity index (χ0) is 12.3. The third-order valence-corrected chi connectivity index (χ3v) is 3.70. The number of halogens is 1. The standard InChI is InChI=1S/C8H14FNO5S/c9-1-4(12)10-5-7(14)6(13)3(2-11)16-8(5)15/h3,5-8,11,13-15H,1-2H2,(H,10,12)/t3?,5-,6-,7?,8?/m1/s1. The Morgan fingerprint density at radius 2 is 1.94 bits per heavy atom. The predicted octanol–water partition coefficient (Wildman–Crippen LogP) is -2.41. The van der Waals surface area contributed by atoms with Crippen LogP contribution in [0, 0.1) is 0 Å². The summed E-state index contributed by atoms with van der Waals surface area (Å²) in [5.74, 6) is -0.974. The highest BCUT2D eigenvalue weighted by molar-refractivity contribution is 8.00. The van der Waals surface area contributed by atoms with Crippen LogP contribution in [-0.2, 0) is 4.79 Å². The van der Waals surface area contributed by atoms with Crippen molar-refractivity contribution < 1.29 is 29.6 Å². The van der Waals surface area contributed by atoms with Crippen LogP contribution in [0.4, 0.5) is 4.39 Å². The summed E-state index contributed by atoms with van der Waals surface area (Å²) in [6.45, 7) is -1.68. The third kappa shape index (κ3) is 2.83. The number of amides is 1. The van der Waals surface area contributed by atoms with Crippen molar-refractivity contribution in [1.82, 2.24) is 5.32 Å². The second-order valence-corrected chi connectivity index (χ2v) is 4.82. The highest BCUT2D eigenvalue weighted by Crippen LogP contribution is 2.31. The summed E-state index contributed by atoms with van der Waals surface area (Å²) < 4.78 is 12.0. The van der Waals surface area contributed by atoms with Gasteiger partial charge in [0.05, 0.1) is 24.0 Å². The van der Waals surface area contributed by atoms with Gasteiger partial charge in [-0.2, -0.15) is 0 Å². The van der Waals surface area contributed by atoms with Crippen LogP contribution in [-0.4, -0.2) is 68.6 Å².